The number of carbonyl (C=O) groups is 3. The number of unbranched alkanes of at least 4 members (excludes halogenated alkanes) is 33. The molecule has 0 amide bonds. The molecule has 72 heavy (non-hydrogen) atoms. The maximum atomic E-state index is 12.9. The van der Waals surface area contributed by atoms with Crippen molar-refractivity contribution in [1.29, 1.82) is 0 Å². The van der Waals surface area contributed by atoms with E-state index in [-0.39, 0.29) is 31.1 Å². The summed E-state index contributed by atoms with van der Waals surface area (Å²) in [6, 6.07) is 0. The largest absolute Gasteiger partial charge is 0.462 e. The van der Waals surface area contributed by atoms with Crippen molar-refractivity contribution in [2.75, 3.05) is 13.2 Å². The van der Waals surface area contributed by atoms with Crippen LogP contribution in [0.3, 0.4) is 0 Å². The van der Waals surface area contributed by atoms with Gasteiger partial charge in [-0.15, -0.1) is 0 Å². The Balaban J connectivity index is 4.27. The molecule has 0 aromatic carbocycles. The molecule has 0 saturated heterocycles. The zero-order valence-electron chi connectivity index (χ0n) is 47.7. The Morgan fingerprint density at radius 2 is 0.542 bits per heavy atom. The highest BCUT2D eigenvalue weighted by Crippen LogP contribution is 2.17. The second kappa shape index (κ2) is 60.4. The first kappa shape index (κ1) is 68.8. The normalized spacial score (nSPS) is 12.5. The predicted molar refractivity (Wildman–Crippen MR) is 311 cm³/mol. The van der Waals surface area contributed by atoms with Gasteiger partial charge in [-0.2, -0.15) is 0 Å². The molecule has 0 aromatic heterocycles. The van der Waals surface area contributed by atoms with E-state index in [2.05, 4.69) is 93.7 Å². The van der Waals surface area contributed by atoms with Crippen LogP contribution in [0.5, 0.6) is 0 Å². The molecule has 0 N–H and O–H groups in total. The van der Waals surface area contributed by atoms with Gasteiger partial charge in [-0.3, -0.25) is 14.4 Å². The van der Waals surface area contributed by atoms with E-state index in [0.29, 0.717) is 19.3 Å². The van der Waals surface area contributed by atoms with E-state index in [1.54, 1.807) is 0 Å². The van der Waals surface area contributed by atoms with Crippen LogP contribution in [0.4, 0.5) is 0 Å². The second-order valence-corrected chi connectivity index (χ2v) is 20.6. The summed E-state index contributed by atoms with van der Waals surface area (Å²) < 4.78 is 16.9. The molecule has 1 unspecified atom stereocenters. The number of allylic oxidation sites excluding steroid dienone is 12. The second-order valence-electron chi connectivity index (χ2n) is 20.6. The third-order valence-corrected chi connectivity index (χ3v) is 13.5. The maximum Gasteiger partial charge on any atom is 0.306 e. The minimum Gasteiger partial charge on any atom is -0.462 e. The molecule has 6 heteroatoms. The average molecular weight is 1010 g/mol. The van der Waals surface area contributed by atoms with E-state index in [1.165, 1.54) is 161 Å². The van der Waals surface area contributed by atoms with Crippen molar-refractivity contribution in [3.63, 3.8) is 0 Å². The van der Waals surface area contributed by atoms with Crippen LogP contribution in [0.2, 0.25) is 0 Å². The standard InChI is InChI=1S/C66H116O6/c1-4-7-10-13-16-19-21-23-25-27-29-31-33-35-36-38-40-42-44-47-50-53-56-59-65(68)71-62-63(61-70-64(67)58-55-52-49-46-18-15-12-9-6-3)72-66(69)60-57-54-51-48-45-43-41-39-37-34-32-30-28-26-24-22-20-17-14-11-8-5-2/h7,10,16,19,23,25,29,31,35-36,40,42,63H,4-6,8-9,11-15,17-18,20-22,24,26-28,30,32-34,37-39,41,43-62H2,1-3H3/b10-7-,19-16-,25-23-,31-29-,36-35-,42-40-. The number of esters is 3. The van der Waals surface area contributed by atoms with Crippen molar-refractivity contribution in [1.82, 2.24) is 0 Å². The molecule has 6 nitrogen and oxygen atoms in total. The van der Waals surface area contributed by atoms with E-state index < -0.39 is 6.10 Å². The molecule has 0 radical (unpaired) electrons. The van der Waals surface area contributed by atoms with Crippen LogP contribution in [-0.4, -0.2) is 37.2 Å². The van der Waals surface area contributed by atoms with Gasteiger partial charge in [-0.05, 0) is 70.6 Å². The highest BCUT2D eigenvalue weighted by atomic mass is 16.6. The molecule has 0 bridgehead atoms. The Bertz CT molecular complexity index is 1340. The summed E-state index contributed by atoms with van der Waals surface area (Å²) in [5.41, 5.74) is 0. The first-order valence-electron chi connectivity index (χ1n) is 30.9. The van der Waals surface area contributed by atoms with E-state index in [9.17, 15) is 14.4 Å². The number of hydrogen-bond acceptors (Lipinski definition) is 6. The highest BCUT2D eigenvalue weighted by molar-refractivity contribution is 5.71. The summed E-state index contributed by atoms with van der Waals surface area (Å²) in [5.74, 6) is -0.895. The minimum absolute atomic E-state index is 0.0801. The molecule has 0 aliphatic heterocycles. The molecule has 0 rings (SSSR count). The van der Waals surface area contributed by atoms with Gasteiger partial charge in [0.1, 0.15) is 13.2 Å². The average Bonchev–Trinajstić information content (AvgIpc) is 3.38. The van der Waals surface area contributed by atoms with Gasteiger partial charge in [0.15, 0.2) is 6.10 Å². The summed E-state index contributed by atoms with van der Waals surface area (Å²) in [6.07, 6.45) is 77.7. The molecule has 0 aliphatic carbocycles. The van der Waals surface area contributed by atoms with Crippen molar-refractivity contribution in [3.05, 3.63) is 72.9 Å². The number of hydrogen-bond donors (Lipinski definition) is 0. The van der Waals surface area contributed by atoms with Crippen molar-refractivity contribution in [3.8, 4) is 0 Å². The van der Waals surface area contributed by atoms with E-state index >= 15 is 0 Å². The van der Waals surface area contributed by atoms with Gasteiger partial charge in [0, 0.05) is 19.3 Å². The van der Waals surface area contributed by atoms with Gasteiger partial charge in [0.05, 0.1) is 0 Å². The topological polar surface area (TPSA) is 78.9 Å². The van der Waals surface area contributed by atoms with E-state index in [1.807, 2.05) is 0 Å². The van der Waals surface area contributed by atoms with Crippen molar-refractivity contribution >= 4 is 17.9 Å². The molecule has 1 atom stereocenters. The molecule has 0 saturated carbocycles. The monoisotopic (exact) mass is 1000 g/mol. The lowest BCUT2D eigenvalue weighted by Crippen LogP contribution is -2.30. The van der Waals surface area contributed by atoms with E-state index in [4.69, 9.17) is 14.2 Å². The van der Waals surface area contributed by atoms with Crippen LogP contribution in [0.1, 0.15) is 310 Å². The van der Waals surface area contributed by atoms with Crippen molar-refractivity contribution < 1.29 is 28.6 Å². The van der Waals surface area contributed by atoms with Gasteiger partial charge >= 0.3 is 17.9 Å². The Morgan fingerprint density at radius 3 is 0.847 bits per heavy atom. The predicted octanol–water partition coefficient (Wildman–Crippen LogP) is 20.9. The SMILES string of the molecule is CC/C=C\C/C=C\C/C=C\C/C=C\C/C=C\C/C=C\CCCCCCC(=O)OCC(COC(=O)CCCCCCCCCCC)OC(=O)CCCCCCCCCCCCCCCCCCCCCCCC. The summed E-state index contributed by atoms with van der Waals surface area (Å²) in [5, 5.41) is 0. The van der Waals surface area contributed by atoms with Gasteiger partial charge < -0.3 is 14.2 Å². The fourth-order valence-corrected chi connectivity index (χ4v) is 8.86. The quantitative estimate of drug-likeness (QED) is 0.0261. The first-order chi connectivity index (χ1) is 35.5. The Kier molecular flexibility index (Phi) is 57.8. The summed E-state index contributed by atoms with van der Waals surface area (Å²) in [6.45, 7) is 6.52. The van der Waals surface area contributed by atoms with Gasteiger partial charge in [0.25, 0.3) is 0 Å². The van der Waals surface area contributed by atoms with Crippen LogP contribution in [0, 0.1) is 0 Å². The number of carbonyl (C=O) groups excluding carboxylic acids is 3. The lowest BCUT2D eigenvalue weighted by molar-refractivity contribution is -0.167. The van der Waals surface area contributed by atoms with Crippen LogP contribution in [0.25, 0.3) is 0 Å². The zero-order chi connectivity index (χ0) is 52.2. The third kappa shape index (κ3) is 57.7. The number of rotatable bonds is 56. The summed E-state index contributed by atoms with van der Waals surface area (Å²) >= 11 is 0. The van der Waals surface area contributed by atoms with E-state index in [0.717, 1.165) is 109 Å². The smallest absolute Gasteiger partial charge is 0.306 e. The lowest BCUT2D eigenvalue weighted by atomic mass is 10.0. The zero-order valence-corrected chi connectivity index (χ0v) is 47.7. The van der Waals surface area contributed by atoms with Crippen LogP contribution in [-0.2, 0) is 28.6 Å². The minimum atomic E-state index is -0.783. The molecule has 0 fully saturated rings. The molecule has 0 aromatic rings. The molecule has 0 aliphatic rings. The number of ether oxygens (including phenoxy) is 3. The highest BCUT2D eigenvalue weighted by Gasteiger charge is 2.19. The lowest BCUT2D eigenvalue weighted by Gasteiger charge is -2.18. The molecule has 0 heterocycles. The fourth-order valence-electron chi connectivity index (χ4n) is 8.86. The molecule has 416 valence electrons. The van der Waals surface area contributed by atoms with Gasteiger partial charge in [-0.25, -0.2) is 0 Å². The van der Waals surface area contributed by atoms with Gasteiger partial charge in [0.2, 0.25) is 0 Å². The van der Waals surface area contributed by atoms with Crippen molar-refractivity contribution in [2.24, 2.45) is 0 Å². The van der Waals surface area contributed by atoms with Crippen molar-refractivity contribution in [2.45, 2.75) is 316 Å². The van der Waals surface area contributed by atoms with Gasteiger partial charge in [-0.1, -0.05) is 293 Å². The van der Waals surface area contributed by atoms with Crippen LogP contribution >= 0.6 is 0 Å². The van der Waals surface area contributed by atoms with Crippen LogP contribution in [0.15, 0.2) is 72.9 Å². The molecular weight excluding hydrogens is 889 g/mol. The third-order valence-electron chi connectivity index (χ3n) is 13.5. The molecular formula is C66H116O6. The first-order valence-corrected chi connectivity index (χ1v) is 30.9. The Labute approximate surface area is 446 Å². The summed E-state index contributed by atoms with van der Waals surface area (Å²) in [4.78, 5) is 38.1. The Hall–Kier alpha value is -3.15. The molecule has 0 spiro atoms. The Morgan fingerprint density at radius 1 is 0.292 bits per heavy atom. The van der Waals surface area contributed by atoms with Crippen LogP contribution < -0.4 is 0 Å². The summed E-state index contributed by atoms with van der Waals surface area (Å²) in [7, 11) is 0. The fraction of sp³-hybridized carbons (Fsp3) is 0.773. The maximum absolute atomic E-state index is 12.9.